The van der Waals surface area contributed by atoms with Gasteiger partial charge >= 0.3 is 0 Å². The molecule has 0 radical (unpaired) electrons. The molecule has 0 atom stereocenters. The molecule has 2 N–H and O–H groups in total. The molecule has 0 unspecified atom stereocenters. The predicted octanol–water partition coefficient (Wildman–Crippen LogP) is 1.82. The van der Waals surface area contributed by atoms with Crippen LogP contribution >= 0.6 is 0 Å². The Balaban J connectivity index is 0.000000164. The van der Waals surface area contributed by atoms with Crippen LogP contribution in [0.2, 0.25) is 0 Å². The van der Waals surface area contributed by atoms with Crippen LogP contribution in [0.1, 0.15) is 5.56 Å². The molecule has 2 aliphatic carbocycles. The molecule has 1 aromatic heterocycles. The minimum absolute atomic E-state index is 0.469. The monoisotopic (exact) mass is 242 g/mol. The van der Waals surface area contributed by atoms with E-state index in [1.807, 2.05) is 0 Å². The average molecular weight is 242 g/mol. The van der Waals surface area contributed by atoms with Gasteiger partial charge in [-0.2, -0.15) is 0 Å². The van der Waals surface area contributed by atoms with Crippen LogP contribution in [-0.4, -0.2) is 18.3 Å². The molecule has 2 aliphatic rings. The second-order valence-corrected chi connectivity index (χ2v) is 3.71. The van der Waals surface area contributed by atoms with Crippen molar-refractivity contribution in [3.8, 4) is 23.2 Å². The number of nitrogens with zero attached hydrogens (tertiary/aromatic N) is 1. The van der Waals surface area contributed by atoms with E-state index < -0.39 is 0 Å². The van der Waals surface area contributed by atoms with Crippen LogP contribution < -0.4 is 5.73 Å². The van der Waals surface area contributed by atoms with Crippen LogP contribution in [0.3, 0.4) is 0 Å². The van der Waals surface area contributed by atoms with Crippen LogP contribution in [0.5, 0.6) is 0 Å². The number of aromatic nitrogens is 1. The quantitative estimate of drug-likeness (QED) is 0.562. The second kappa shape index (κ2) is 6.48. The molecule has 92 valence electrons. The third kappa shape index (κ3) is 3.96. The zero-order valence-electron chi connectivity index (χ0n) is 9.93. The Morgan fingerprint density at radius 1 is 1.33 bits per heavy atom. The highest BCUT2D eigenvalue weighted by Gasteiger charge is 2.06. The number of hydrogen-bond acceptors (Lipinski definition) is 4. The summed E-state index contributed by atoms with van der Waals surface area (Å²) in [5.74, 6) is 2.79. The zero-order valence-corrected chi connectivity index (χ0v) is 9.93. The lowest BCUT2D eigenvalue weighted by Gasteiger charge is -1.89. The zero-order chi connectivity index (χ0) is 12.6. The smallest absolute Gasteiger partial charge is 0.127 e. The lowest BCUT2D eigenvalue weighted by atomic mass is 10.3. The third-order valence-electron chi connectivity index (χ3n) is 2.25. The van der Waals surface area contributed by atoms with E-state index in [0.29, 0.717) is 19.6 Å². The number of benzene rings is 1. The number of hydrogen-bond donors (Lipinski definition) is 1. The molecule has 3 rings (SSSR count). The topological polar surface area (TPSA) is 61.3 Å². The molecule has 0 fully saturated rings. The molecule has 0 saturated carbocycles. The van der Waals surface area contributed by atoms with E-state index >= 15 is 0 Å². The highest BCUT2D eigenvalue weighted by molar-refractivity contribution is 5.80. The van der Waals surface area contributed by atoms with Gasteiger partial charge in [0.2, 0.25) is 0 Å². The molecule has 4 heteroatoms. The van der Waals surface area contributed by atoms with Crippen molar-refractivity contribution < 1.29 is 9.26 Å². The Bertz CT molecular complexity index is 521. The Morgan fingerprint density at radius 2 is 2.17 bits per heavy atom. The van der Waals surface area contributed by atoms with Crippen molar-refractivity contribution in [1.29, 1.82) is 0 Å². The summed E-state index contributed by atoms with van der Waals surface area (Å²) in [7, 11) is 0. The van der Waals surface area contributed by atoms with E-state index in [-0.39, 0.29) is 0 Å². The maximum absolute atomic E-state index is 5.19. The molecule has 4 nitrogen and oxygen atoms in total. The van der Waals surface area contributed by atoms with Gasteiger partial charge in [0.1, 0.15) is 19.0 Å². The SMILES string of the molecule is NCCOC#CCc1cnoc1.c1cc2cc-2c1. The maximum Gasteiger partial charge on any atom is 0.127 e. The van der Waals surface area contributed by atoms with Crippen LogP contribution in [0.25, 0.3) is 11.1 Å². The molecule has 0 amide bonds. The minimum atomic E-state index is 0.469. The van der Waals surface area contributed by atoms with Gasteiger partial charge in [-0.3, -0.25) is 0 Å². The average Bonchev–Trinajstić information content (AvgIpc) is 2.85. The van der Waals surface area contributed by atoms with Gasteiger partial charge < -0.3 is 15.0 Å². The van der Waals surface area contributed by atoms with Crippen LogP contribution in [0.15, 0.2) is 41.2 Å². The summed E-state index contributed by atoms with van der Waals surface area (Å²) in [5, 5.41) is 3.53. The van der Waals surface area contributed by atoms with Crippen molar-refractivity contribution >= 4 is 0 Å². The van der Waals surface area contributed by atoms with Crippen LogP contribution in [0, 0.1) is 12.0 Å². The summed E-state index contributed by atoms with van der Waals surface area (Å²) in [4.78, 5) is 0. The first-order valence-corrected chi connectivity index (χ1v) is 5.68. The molecule has 1 heterocycles. The summed E-state index contributed by atoms with van der Waals surface area (Å²) >= 11 is 0. The van der Waals surface area contributed by atoms with E-state index in [0.717, 1.165) is 5.56 Å². The van der Waals surface area contributed by atoms with Gasteiger partial charge in [0.05, 0.1) is 6.20 Å². The Kier molecular flexibility index (Phi) is 4.39. The van der Waals surface area contributed by atoms with Crippen molar-refractivity contribution in [1.82, 2.24) is 5.16 Å². The highest BCUT2D eigenvalue weighted by Crippen LogP contribution is 2.32. The minimum Gasteiger partial charge on any atom is -0.445 e. The number of ether oxygens (including phenoxy) is 1. The fourth-order valence-corrected chi connectivity index (χ4v) is 1.29. The van der Waals surface area contributed by atoms with Crippen molar-refractivity contribution in [3.63, 3.8) is 0 Å². The van der Waals surface area contributed by atoms with Gasteiger partial charge in [0.15, 0.2) is 0 Å². The van der Waals surface area contributed by atoms with Gasteiger partial charge in [0.25, 0.3) is 0 Å². The standard InChI is InChI=1S/C8H10N2O2.C6H4/c9-3-5-11-4-1-2-8-6-10-12-7-8;1-2-5-4-6(5)3-1/h6-7H,2-3,5,9H2;1-4H. The molecular formula is C14H14N2O2. The third-order valence-corrected chi connectivity index (χ3v) is 2.25. The number of nitrogens with two attached hydrogens (primary N) is 1. The van der Waals surface area contributed by atoms with Gasteiger partial charge in [-0.25, -0.2) is 0 Å². The van der Waals surface area contributed by atoms with Gasteiger partial charge in [-0.05, 0) is 17.2 Å². The van der Waals surface area contributed by atoms with E-state index in [9.17, 15) is 0 Å². The predicted molar refractivity (Wildman–Crippen MR) is 68.4 cm³/mol. The summed E-state index contributed by atoms with van der Waals surface area (Å²) in [6.07, 6.45) is 6.29. The van der Waals surface area contributed by atoms with Gasteiger partial charge in [-0.15, -0.1) is 0 Å². The Labute approximate surface area is 106 Å². The fraction of sp³-hybridized carbons (Fsp3) is 0.214. The first kappa shape index (κ1) is 12.2. The van der Waals surface area contributed by atoms with Gasteiger partial charge in [0, 0.05) is 18.5 Å². The largest absolute Gasteiger partial charge is 0.445 e. The molecule has 0 saturated heterocycles. The summed E-state index contributed by atoms with van der Waals surface area (Å²) in [6, 6.07) is 8.48. The van der Waals surface area contributed by atoms with Crippen LogP contribution in [-0.2, 0) is 11.2 Å². The second-order valence-electron chi connectivity index (χ2n) is 3.71. The molecule has 0 aliphatic heterocycles. The highest BCUT2D eigenvalue weighted by atomic mass is 16.5. The molecule has 0 bridgehead atoms. The number of rotatable bonds is 3. The summed E-state index contributed by atoms with van der Waals surface area (Å²) < 4.78 is 9.46. The molecule has 18 heavy (non-hydrogen) atoms. The number of fused-ring (bicyclic) bond motifs is 1. The molecule has 0 aromatic carbocycles. The van der Waals surface area contributed by atoms with Crippen LogP contribution in [0.4, 0.5) is 0 Å². The van der Waals surface area contributed by atoms with Crippen molar-refractivity contribution in [3.05, 3.63) is 42.3 Å². The molecule has 1 aromatic rings. The van der Waals surface area contributed by atoms with E-state index in [4.69, 9.17) is 10.5 Å². The van der Waals surface area contributed by atoms with Crippen molar-refractivity contribution in [2.24, 2.45) is 5.73 Å². The van der Waals surface area contributed by atoms with Gasteiger partial charge in [-0.1, -0.05) is 29.3 Å². The molecular weight excluding hydrogens is 228 g/mol. The van der Waals surface area contributed by atoms with E-state index in [1.54, 1.807) is 12.5 Å². The first-order valence-electron chi connectivity index (χ1n) is 5.68. The van der Waals surface area contributed by atoms with Crippen molar-refractivity contribution in [2.75, 3.05) is 13.2 Å². The fourth-order valence-electron chi connectivity index (χ4n) is 1.29. The Hall–Kier alpha value is -2.25. The first-order chi connectivity index (χ1) is 8.90. The molecule has 0 spiro atoms. The summed E-state index contributed by atoms with van der Waals surface area (Å²) in [5.41, 5.74) is 8.98. The van der Waals surface area contributed by atoms with E-state index in [1.165, 1.54) is 11.1 Å². The normalized spacial score (nSPS) is 9.61. The summed E-state index contributed by atoms with van der Waals surface area (Å²) in [6.45, 7) is 0.957. The maximum atomic E-state index is 5.19. The Morgan fingerprint density at radius 3 is 2.67 bits per heavy atom. The van der Waals surface area contributed by atoms with E-state index in [2.05, 4.69) is 46.0 Å². The lowest BCUT2D eigenvalue weighted by molar-refractivity contribution is 0.288. The lowest BCUT2D eigenvalue weighted by Crippen LogP contribution is -2.05. The van der Waals surface area contributed by atoms with Crippen molar-refractivity contribution in [2.45, 2.75) is 6.42 Å².